The summed E-state index contributed by atoms with van der Waals surface area (Å²) in [4.78, 5) is 26.3. The third-order valence-corrected chi connectivity index (χ3v) is 3.45. The van der Waals surface area contributed by atoms with E-state index in [1.54, 1.807) is 12.1 Å². The number of nitro groups is 1. The predicted molar refractivity (Wildman–Crippen MR) is 87.1 cm³/mol. The lowest BCUT2D eigenvalue weighted by molar-refractivity contribution is -0.384. The number of non-ortho nitro benzene ring substituents is 1. The zero-order valence-corrected chi connectivity index (χ0v) is 12.4. The molecule has 0 spiro atoms. The first-order chi connectivity index (χ1) is 11.0. The Morgan fingerprint density at radius 3 is 2.65 bits per heavy atom. The highest BCUT2D eigenvalue weighted by molar-refractivity contribution is 6.51. The van der Waals surface area contributed by atoms with Gasteiger partial charge in [0, 0.05) is 12.1 Å². The lowest BCUT2D eigenvalue weighted by Gasteiger charge is -2.00. The molecular formula is C16H9ClN2O4. The van der Waals surface area contributed by atoms with Crippen LogP contribution in [-0.4, -0.2) is 9.91 Å². The van der Waals surface area contributed by atoms with Gasteiger partial charge in [0.2, 0.25) is 0 Å². The van der Waals surface area contributed by atoms with Crippen LogP contribution in [0.2, 0.25) is 0 Å². The van der Waals surface area contributed by atoms with Crippen LogP contribution >= 0.6 is 11.6 Å². The summed E-state index contributed by atoms with van der Waals surface area (Å²) in [5.41, 5.74) is 0.279. The van der Waals surface area contributed by atoms with Crippen LogP contribution < -0.4 is 5.63 Å². The van der Waals surface area contributed by atoms with Crippen molar-refractivity contribution in [3.8, 4) is 0 Å². The van der Waals surface area contributed by atoms with Gasteiger partial charge in [-0.1, -0.05) is 41.9 Å². The second-order valence-corrected chi connectivity index (χ2v) is 5.06. The molecule has 0 fully saturated rings. The number of aromatic nitrogens is 1. The molecule has 0 atom stereocenters. The number of halogens is 1. The van der Waals surface area contributed by atoms with Crippen molar-refractivity contribution in [1.82, 2.24) is 4.98 Å². The number of nitro benzene ring substituents is 1. The molecule has 3 rings (SSSR count). The van der Waals surface area contributed by atoms with Crippen LogP contribution in [0.15, 0.2) is 57.7 Å². The van der Waals surface area contributed by atoms with Gasteiger partial charge in [0.05, 0.1) is 9.96 Å². The van der Waals surface area contributed by atoms with Crippen molar-refractivity contribution in [2.45, 2.75) is 0 Å². The largest absolute Gasteiger partial charge is 0.419 e. The summed E-state index contributed by atoms with van der Waals surface area (Å²) >= 11 is 6.18. The Balaban J connectivity index is 2.12. The summed E-state index contributed by atoms with van der Waals surface area (Å²) in [5.74, 6) is 0. The van der Waals surface area contributed by atoms with Crippen molar-refractivity contribution in [2.75, 3.05) is 0 Å². The molecule has 0 unspecified atom stereocenters. The zero-order valence-electron chi connectivity index (χ0n) is 11.6. The average Bonchev–Trinajstić information content (AvgIpc) is 2.55. The normalized spacial score (nSPS) is 11.6. The van der Waals surface area contributed by atoms with Crippen molar-refractivity contribution in [2.24, 2.45) is 0 Å². The third-order valence-electron chi connectivity index (χ3n) is 3.12. The molecule has 7 heteroatoms. The predicted octanol–water partition coefficient (Wildman–Crippen LogP) is 3.83. The highest BCUT2D eigenvalue weighted by atomic mass is 35.5. The fourth-order valence-corrected chi connectivity index (χ4v) is 2.24. The van der Waals surface area contributed by atoms with Crippen molar-refractivity contribution in [3.05, 3.63) is 80.3 Å². The van der Waals surface area contributed by atoms with E-state index in [0.29, 0.717) is 5.03 Å². The molecule has 0 aliphatic carbocycles. The fourth-order valence-electron chi connectivity index (χ4n) is 2.01. The summed E-state index contributed by atoms with van der Waals surface area (Å²) in [6.07, 6.45) is 1.38. The molecule has 0 radical (unpaired) electrons. The number of nitrogens with zero attached hydrogens (tertiary/aromatic N) is 2. The van der Waals surface area contributed by atoms with E-state index in [0.717, 1.165) is 5.56 Å². The van der Waals surface area contributed by atoms with E-state index in [1.165, 1.54) is 24.3 Å². The van der Waals surface area contributed by atoms with Crippen LogP contribution in [-0.2, 0) is 0 Å². The Bertz CT molecular complexity index is 980. The van der Waals surface area contributed by atoms with Crippen molar-refractivity contribution in [1.29, 1.82) is 0 Å². The average molecular weight is 329 g/mol. The van der Waals surface area contributed by atoms with Gasteiger partial charge in [-0.2, -0.15) is 0 Å². The van der Waals surface area contributed by atoms with Gasteiger partial charge in [-0.05, 0) is 17.7 Å². The first kappa shape index (κ1) is 14.9. The molecule has 0 bridgehead atoms. The van der Waals surface area contributed by atoms with Gasteiger partial charge in [0.15, 0.2) is 11.3 Å². The first-order valence-corrected chi connectivity index (χ1v) is 6.94. The van der Waals surface area contributed by atoms with E-state index in [9.17, 15) is 14.9 Å². The van der Waals surface area contributed by atoms with Crippen molar-refractivity contribution in [3.63, 3.8) is 0 Å². The van der Waals surface area contributed by atoms with Crippen molar-refractivity contribution >= 4 is 39.5 Å². The standard InChI is InChI=1S/C16H9ClN2O4/c17-12(10-4-2-1-3-5-10)9-14-16(20)23-15-7-6-11(19(21)22)8-13(15)18-14/h1-9H/b12-9-. The molecule has 0 N–H and O–H groups in total. The lowest BCUT2D eigenvalue weighted by Crippen LogP contribution is -2.06. The van der Waals surface area contributed by atoms with Gasteiger partial charge in [-0.25, -0.2) is 9.78 Å². The molecule has 114 valence electrons. The molecule has 0 aliphatic rings. The van der Waals surface area contributed by atoms with Gasteiger partial charge in [-0.15, -0.1) is 0 Å². The zero-order chi connectivity index (χ0) is 16.4. The maximum Gasteiger partial charge on any atom is 0.362 e. The van der Waals surface area contributed by atoms with Crippen LogP contribution in [0.4, 0.5) is 5.69 Å². The van der Waals surface area contributed by atoms with Crippen LogP contribution in [0.5, 0.6) is 0 Å². The molecule has 6 nitrogen and oxygen atoms in total. The van der Waals surface area contributed by atoms with Crippen LogP contribution in [0.25, 0.3) is 22.2 Å². The third kappa shape index (κ3) is 3.12. The maximum absolute atomic E-state index is 12.0. The Morgan fingerprint density at radius 2 is 1.96 bits per heavy atom. The lowest BCUT2D eigenvalue weighted by atomic mass is 10.2. The van der Waals surface area contributed by atoms with Gasteiger partial charge in [-0.3, -0.25) is 10.1 Å². The van der Waals surface area contributed by atoms with E-state index in [2.05, 4.69) is 4.98 Å². The number of hydrogen-bond donors (Lipinski definition) is 0. The summed E-state index contributed by atoms with van der Waals surface area (Å²) in [6.45, 7) is 0. The van der Waals surface area contributed by atoms with E-state index in [-0.39, 0.29) is 22.5 Å². The Morgan fingerprint density at radius 1 is 1.22 bits per heavy atom. The summed E-state index contributed by atoms with van der Waals surface area (Å²) in [7, 11) is 0. The SMILES string of the molecule is O=c1oc2ccc([N+](=O)[O-])cc2nc1/C=C(\Cl)c1ccccc1. The number of fused-ring (bicyclic) bond motifs is 1. The number of hydrogen-bond acceptors (Lipinski definition) is 5. The molecule has 0 amide bonds. The van der Waals surface area contributed by atoms with E-state index >= 15 is 0 Å². The highest BCUT2D eigenvalue weighted by Gasteiger charge is 2.11. The maximum atomic E-state index is 12.0. The number of rotatable bonds is 3. The topological polar surface area (TPSA) is 86.2 Å². The minimum Gasteiger partial charge on any atom is -0.419 e. The molecule has 23 heavy (non-hydrogen) atoms. The highest BCUT2D eigenvalue weighted by Crippen LogP contribution is 2.22. The van der Waals surface area contributed by atoms with E-state index < -0.39 is 10.5 Å². The second kappa shape index (κ2) is 6.02. The molecule has 0 saturated carbocycles. The minimum absolute atomic E-state index is 0.0214. The molecule has 3 aromatic rings. The van der Waals surface area contributed by atoms with E-state index in [4.69, 9.17) is 16.0 Å². The fraction of sp³-hybridized carbons (Fsp3) is 0. The van der Waals surface area contributed by atoms with Crippen LogP contribution in [0.1, 0.15) is 11.3 Å². The summed E-state index contributed by atoms with van der Waals surface area (Å²) in [6, 6.07) is 12.9. The Kier molecular flexibility index (Phi) is 3.91. The smallest absolute Gasteiger partial charge is 0.362 e. The molecular weight excluding hydrogens is 320 g/mol. The van der Waals surface area contributed by atoms with Crippen LogP contribution in [0.3, 0.4) is 0 Å². The molecule has 1 heterocycles. The summed E-state index contributed by atoms with van der Waals surface area (Å²) in [5, 5.41) is 11.1. The van der Waals surface area contributed by atoms with Gasteiger partial charge < -0.3 is 4.42 Å². The molecule has 0 aliphatic heterocycles. The van der Waals surface area contributed by atoms with Crippen molar-refractivity contribution < 1.29 is 9.34 Å². The second-order valence-electron chi connectivity index (χ2n) is 4.65. The number of benzene rings is 2. The molecule has 1 aromatic heterocycles. The molecule has 2 aromatic carbocycles. The van der Waals surface area contributed by atoms with Gasteiger partial charge >= 0.3 is 5.63 Å². The minimum atomic E-state index is -0.666. The van der Waals surface area contributed by atoms with Gasteiger partial charge in [0.25, 0.3) is 5.69 Å². The Labute approximate surface area is 134 Å². The quantitative estimate of drug-likeness (QED) is 0.538. The first-order valence-electron chi connectivity index (χ1n) is 6.56. The summed E-state index contributed by atoms with van der Waals surface area (Å²) < 4.78 is 5.12. The van der Waals surface area contributed by atoms with E-state index in [1.807, 2.05) is 18.2 Å². The molecule has 0 saturated heterocycles. The van der Waals surface area contributed by atoms with Crippen LogP contribution in [0, 0.1) is 10.1 Å². The monoisotopic (exact) mass is 328 g/mol. The van der Waals surface area contributed by atoms with Gasteiger partial charge in [0.1, 0.15) is 5.52 Å². The Hall–Kier alpha value is -2.99.